The minimum absolute atomic E-state index is 0. The summed E-state index contributed by atoms with van der Waals surface area (Å²) in [7, 11) is 0. The van der Waals surface area contributed by atoms with Crippen LogP contribution in [0.15, 0.2) is 6.33 Å². The summed E-state index contributed by atoms with van der Waals surface area (Å²) >= 11 is 0. The molecule has 0 bridgehead atoms. The highest BCUT2D eigenvalue weighted by Gasteiger charge is 2.32. The summed E-state index contributed by atoms with van der Waals surface area (Å²) in [6.07, 6.45) is 3.37. The second kappa shape index (κ2) is 14.9. The molecule has 0 aliphatic carbocycles. The number of unbranched alkanes of at least 4 members (excludes halogenated alkanes) is 1. The monoisotopic (exact) mass is 545 g/mol. The van der Waals surface area contributed by atoms with Gasteiger partial charge in [-0.05, 0) is 73.1 Å². The van der Waals surface area contributed by atoms with E-state index in [4.69, 9.17) is 9.47 Å². The molecule has 0 radical (unpaired) electrons. The molecule has 1 aromatic heterocycles. The van der Waals surface area contributed by atoms with Gasteiger partial charge in [0.1, 0.15) is 29.0 Å². The Balaban J connectivity index is 0.0000130. The van der Waals surface area contributed by atoms with E-state index in [9.17, 15) is 19.2 Å². The SMILES string of the molecule is CC(C)CC(NC(=O)c1nc[nH]c1C(=O)NC(CCCC[NH3+])C(=O)OC(C)(C)C)C(=O)OC(C)(C)C.[Cl-]. The van der Waals surface area contributed by atoms with Crippen LogP contribution < -0.4 is 28.8 Å². The zero-order chi connectivity index (χ0) is 27.7. The topological polar surface area (TPSA) is 167 Å². The second-order valence-corrected chi connectivity index (χ2v) is 11.2. The van der Waals surface area contributed by atoms with Gasteiger partial charge in [-0.15, -0.1) is 0 Å². The quantitative estimate of drug-likeness (QED) is 0.188. The number of hydrogen-bond donors (Lipinski definition) is 4. The van der Waals surface area contributed by atoms with Crippen LogP contribution in [-0.2, 0) is 19.1 Å². The van der Waals surface area contributed by atoms with Crippen LogP contribution in [-0.4, -0.2) is 63.6 Å². The van der Waals surface area contributed by atoms with Crippen LogP contribution in [0.2, 0.25) is 0 Å². The smallest absolute Gasteiger partial charge is 0.329 e. The Morgan fingerprint density at radius 3 is 1.92 bits per heavy atom. The van der Waals surface area contributed by atoms with E-state index in [0.717, 1.165) is 6.42 Å². The van der Waals surface area contributed by atoms with Crippen molar-refractivity contribution in [2.24, 2.45) is 5.92 Å². The van der Waals surface area contributed by atoms with Crippen LogP contribution in [0.4, 0.5) is 0 Å². The van der Waals surface area contributed by atoms with E-state index in [2.05, 4.69) is 26.3 Å². The van der Waals surface area contributed by atoms with Crippen LogP contribution in [0.3, 0.4) is 0 Å². The van der Waals surface area contributed by atoms with E-state index in [0.29, 0.717) is 25.8 Å². The van der Waals surface area contributed by atoms with E-state index >= 15 is 0 Å². The number of nitrogens with zero attached hydrogens (tertiary/aromatic N) is 1. The third kappa shape index (κ3) is 12.9. The number of rotatable bonds is 12. The van der Waals surface area contributed by atoms with Gasteiger partial charge >= 0.3 is 11.9 Å². The molecule has 2 amide bonds. The summed E-state index contributed by atoms with van der Waals surface area (Å²) in [4.78, 5) is 58.1. The third-order valence-corrected chi connectivity index (χ3v) is 4.77. The van der Waals surface area contributed by atoms with Crippen molar-refractivity contribution in [2.45, 2.75) is 104 Å². The van der Waals surface area contributed by atoms with Crippen LogP contribution in [0.1, 0.15) is 102 Å². The number of nitrogens with one attached hydrogen (secondary N) is 3. The molecular formula is C25H44ClN5O6. The van der Waals surface area contributed by atoms with Crippen molar-refractivity contribution < 1.29 is 46.8 Å². The van der Waals surface area contributed by atoms with E-state index in [-0.39, 0.29) is 29.7 Å². The van der Waals surface area contributed by atoms with Crippen molar-refractivity contribution in [3.05, 3.63) is 17.7 Å². The first kappa shape index (κ1) is 34.3. The maximum Gasteiger partial charge on any atom is 0.329 e. The lowest BCUT2D eigenvalue weighted by Gasteiger charge is -2.25. The van der Waals surface area contributed by atoms with Crippen LogP contribution in [0.5, 0.6) is 0 Å². The fraction of sp³-hybridized carbons (Fsp3) is 0.720. The highest BCUT2D eigenvalue weighted by atomic mass is 35.5. The van der Waals surface area contributed by atoms with Crippen LogP contribution >= 0.6 is 0 Å². The molecule has 0 saturated heterocycles. The number of carbonyl (C=O) groups excluding carboxylic acids is 4. The fourth-order valence-electron chi connectivity index (χ4n) is 3.30. The molecule has 6 N–H and O–H groups in total. The van der Waals surface area contributed by atoms with Gasteiger partial charge in [0.2, 0.25) is 0 Å². The minimum Gasteiger partial charge on any atom is -1.00 e. The maximum absolute atomic E-state index is 13.1. The standard InChI is InChI=1S/C25H43N5O6.ClH/c1-15(2)13-17(23(34)36-25(6,7)8)30-21(32)19-18(27-14-28-19)20(31)29-16(11-9-10-12-26)22(33)35-24(3,4)5;/h14-17H,9-13,26H2,1-8H3,(H,27,28)(H,29,31)(H,30,32);1H. The molecule has 0 fully saturated rings. The number of carbonyl (C=O) groups is 4. The first-order chi connectivity index (χ1) is 16.5. The van der Waals surface area contributed by atoms with Gasteiger partial charge in [-0.1, -0.05) is 13.8 Å². The molecule has 212 valence electrons. The summed E-state index contributed by atoms with van der Waals surface area (Å²) in [6.45, 7) is 15.0. The lowest BCUT2D eigenvalue weighted by molar-refractivity contribution is -0.368. The molecule has 0 spiro atoms. The van der Waals surface area contributed by atoms with Gasteiger partial charge < -0.3 is 43.2 Å². The molecule has 2 atom stereocenters. The maximum atomic E-state index is 13.1. The number of H-pyrrole nitrogens is 1. The van der Waals surface area contributed by atoms with Crippen molar-refractivity contribution in [3.63, 3.8) is 0 Å². The highest BCUT2D eigenvalue weighted by Crippen LogP contribution is 2.15. The summed E-state index contributed by atoms with van der Waals surface area (Å²) in [5.74, 6) is -2.42. The van der Waals surface area contributed by atoms with Crippen LogP contribution in [0.25, 0.3) is 0 Å². The number of aromatic amines is 1. The zero-order valence-corrected chi connectivity index (χ0v) is 24.1. The van der Waals surface area contributed by atoms with E-state index in [1.54, 1.807) is 41.5 Å². The molecular weight excluding hydrogens is 502 g/mol. The van der Waals surface area contributed by atoms with Crippen molar-refractivity contribution in [2.75, 3.05) is 6.54 Å². The average molecular weight is 546 g/mol. The lowest BCUT2D eigenvalue weighted by Crippen LogP contribution is -3.00. The molecule has 0 aliphatic heterocycles. The van der Waals surface area contributed by atoms with Gasteiger partial charge in [-0.3, -0.25) is 9.59 Å². The Morgan fingerprint density at radius 2 is 1.43 bits per heavy atom. The first-order valence-corrected chi connectivity index (χ1v) is 12.4. The normalized spacial score (nSPS) is 13.2. The molecule has 1 heterocycles. The highest BCUT2D eigenvalue weighted by molar-refractivity contribution is 6.06. The summed E-state index contributed by atoms with van der Waals surface area (Å²) in [6, 6.07) is -1.82. The zero-order valence-electron chi connectivity index (χ0n) is 23.3. The van der Waals surface area contributed by atoms with Gasteiger partial charge in [0.05, 0.1) is 12.9 Å². The predicted molar refractivity (Wildman–Crippen MR) is 134 cm³/mol. The molecule has 2 unspecified atom stereocenters. The Bertz CT molecular complexity index is 904. The Kier molecular flexibility index (Phi) is 13.8. The fourth-order valence-corrected chi connectivity index (χ4v) is 3.30. The molecule has 0 aromatic carbocycles. The average Bonchev–Trinajstić information content (AvgIpc) is 3.20. The minimum atomic E-state index is -0.915. The molecule has 0 saturated carbocycles. The number of aromatic nitrogens is 2. The lowest BCUT2D eigenvalue weighted by atomic mass is 10.0. The Hall–Kier alpha value is -2.66. The number of halogens is 1. The molecule has 11 nitrogen and oxygen atoms in total. The van der Waals surface area contributed by atoms with Crippen molar-refractivity contribution in [1.82, 2.24) is 20.6 Å². The first-order valence-electron chi connectivity index (χ1n) is 12.4. The number of amides is 2. The molecule has 1 aromatic rings. The van der Waals surface area contributed by atoms with Gasteiger partial charge in [0, 0.05) is 0 Å². The second-order valence-electron chi connectivity index (χ2n) is 11.2. The largest absolute Gasteiger partial charge is 1.00 e. The van der Waals surface area contributed by atoms with Gasteiger partial charge in [0.15, 0.2) is 5.69 Å². The molecule has 37 heavy (non-hydrogen) atoms. The number of quaternary nitrogens is 1. The van der Waals surface area contributed by atoms with Gasteiger partial charge in [-0.25, -0.2) is 14.6 Å². The van der Waals surface area contributed by atoms with E-state index < -0.39 is 47.0 Å². The number of ether oxygens (including phenoxy) is 2. The summed E-state index contributed by atoms with van der Waals surface area (Å²) < 4.78 is 10.9. The number of esters is 2. The van der Waals surface area contributed by atoms with E-state index in [1.807, 2.05) is 13.8 Å². The number of imidazole rings is 1. The van der Waals surface area contributed by atoms with Crippen molar-refractivity contribution in [3.8, 4) is 0 Å². The molecule has 12 heteroatoms. The van der Waals surface area contributed by atoms with Crippen LogP contribution in [0, 0.1) is 5.92 Å². The Morgan fingerprint density at radius 1 is 0.919 bits per heavy atom. The summed E-state index contributed by atoms with van der Waals surface area (Å²) in [5, 5.41) is 5.30. The van der Waals surface area contributed by atoms with E-state index in [1.165, 1.54) is 6.33 Å². The Labute approximate surface area is 225 Å². The van der Waals surface area contributed by atoms with Gasteiger partial charge in [-0.2, -0.15) is 0 Å². The summed E-state index contributed by atoms with van der Waals surface area (Å²) in [5.41, 5.74) is 2.04. The van der Waals surface area contributed by atoms with Crippen molar-refractivity contribution in [1.29, 1.82) is 0 Å². The third-order valence-electron chi connectivity index (χ3n) is 4.77. The molecule has 1 rings (SSSR count). The van der Waals surface area contributed by atoms with Gasteiger partial charge in [0.25, 0.3) is 11.8 Å². The predicted octanol–water partition coefficient (Wildman–Crippen LogP) is -1.25. The number of hydrogen-bond acceptors (Lipinski definition) is 7. The van der Waals surface area contributed by atoms with Crippen molar-refractivity contribution >= 4 is 23.8 Å². The molecule has 0 aliphatic rings.